The molecule has 0 radical (unpaired) electrons. The highest BCUT2D eigenvalue weighted by molar-refractivity contribution is 7.98. The lowest BCUT2D eigenvalue weighted by atomic mass is 10.1. The second-order valence-electron chi connectivity index (χ2n) is 3.39. The Balaban J connectivity index is 2.75. The molecule has 0 saturated carbocycles. The number of ketones is 1. The lowest BCUT2D eigenvalue weighted by molar-refractivity contribution is -0.0717. The van der Waals surface area contributed by atoms with Crippen molar-refractivity contribution in [1.82, 2.24) is 0 Å². The summed E-state index contributed by atoms with van der Waals surface area (Å²) in [6.45, 7) is 0. The number of alkyl halides is 2. The summed E-state index contributed by atoms with van der Waals surface area (Å²) in [6, 6.07) is 2.23. The molecular weight excluding hydrogens is 241 g/mol. The molecule has 0 spiro atoms. The van der Waals surface area contributed by atoms with Crippen LogP contribution in [-0.4, -0.2) is 23.1 Å². The molecule has 1 aromatic carbocycles. The van der Waals surface area contributed by atoms with E-state index in [1.54, 1.807) is 6.26 Å². The van der Waals surface area contributed by atoms with Crippen molar-refractivity contribution >= 4 is 17.5 Å². The van der Waals surface area contributed by atoms with E-state index in [0.29, 0.717) is 0 Å². The van der Waals surface area contributed by atoms with Gasteiger partial charge >= 0.3 is 5.92 Å². The number of hydrogen-bond donors (Lipinski definition) is 1. The largest absolute Gasteiger partial charge is 0.381 e. The van der Waals surface area contributed by atoms with Crippen LogP contribution >= 0.6 is 11.8 Å². The summed E-state index contributed by atoms with van der Waals surface area (Å²) < 4.78 is 39.8. The Labute approximate surface area is 93.5 Å². The van der Waals surface area contributed by atoms with Gasteiger partial charge in [0.15, 0.2) is 6.10 Å². The zero-order chi connectivity index (χ0) is 12.1. The van der Waals surface area contributed by atoms with Crippen LogP contribution in [0, 0.1) is 5.82 Å². The van der Waals surface area contributed by atoms with Gasteiger partial charge in [0.25, 0.3) is 0 Å². The fourth-order valence-electron chi connectivity index (χ4n) is 1.72. The van der Waals surface area contributed by atoms with Gasteiger partial charge in [-0.25, -0.2) is 4.39 Å². The molecule has 2 rings (SSSR count). The number of halogens is 3. The predicted octanol–water partition coefficient (Wildman–Crippen LogP) is 2.41. The second kappa shape index (κ2) is 3.49. The van der Waals surface area contributed by atoms with Gasteiger partial charge in [-0.05, 0) is 18.4 Å². The number of Topliss-reactive ketones (excluding diaryl/α,β-unsaturated/α-hetero) is 1. The van der Waals surface area contributed by atoms with Crippen molar-refractivity contribution in [2.45, 2.75) is 16.9 Å². The third-order valence-electron chi connectivity index (χ3n) is 2.52. The molecule has 0 bridgehead atoms. The van der Waals surface area contributed by atoms with Crippen molar-refractivity contribution in [3.8, 4) is 0 Å². The fourth-order valence-corrected chi connectivity index (χ4v) is 2.33. The Bertz CT molecular complexity index is 473. The van der Waals surface area contributed by atoms with Gasteiger partial charge in [0.05, 0.1) is 0 Å². The van der Waals surface area contributed by atoms with Gasteiger partial charge in [-0.3, -0.25) is 4.79 Å². The summed E-state index contributed by atoms with van der Waals surface area (Å²) in [5.41, 5.74) is -0.994. The first-order valence-electron chi connectivity index (χ1n) is 4.38. The zero-order valence-electron chi connectivity index (χ0n) is 8.13. The molecule has 6 heteroatoms. The molecule has 16 heavy (non-hydrogen) atoms. The number of carbonyl (C=O) groups is 1. The number of benzene rings is 1. The van der Waals surface area contributed by atoms with E-state index in [-0.39, 0.29) is 4.90 Å². The van der Waals surface area contributed by atoms with Crippen molar-refractivity contribution in [2.75, 3.05) is 6.26 Å². The molecule has 1 N–H and O–H groups in total. The maximum absolute atomic E-state index is 13.3. The van der Waals surface area contributed by atoms with Crippen molar-refractivity contribution < 1.29 is 23.1 Å². The first-order chi connectivity index (χ1) is 7.41. The summed E-state index contributed by atoms with van der Waals surface area (Å²) >= 11 is 1.06. The van der Waals surface area contributed by atoms with Crippen molar-refractivity contribution in [2.24, 2.45) is 0 Å². The zero-order valence-corrected chi connectivity index (χ0v) is 8.95. The molecule has 1 aliphatic carbocycles. The molecule has 0 aromatic heterocycles. The van der Waals surface area contributed by atoms with Gasteiger partial charge in [-0.1, -0.05) is 0 Å². The van der Waals surface area contributed by atoms with Gasteiger partial charge in [-0.2, -0.15) is 8.78 Å². The van der Waals surface area contributed by atoms with E-state index in [1.165, 1.54) is 6.07 Å². The van der Waals surface area contributed by atoms with Gasteiger partial charge in [0.2, 0.25) is 5.78 Å². The Morgan fingerprint density at radius 1 is 1.44 bits per heavy atom. The summed E-state index contributed by atoms with van der Waals surface area (Å²) in [7, 11) is 0. The highest BCUT2D eigenvalue weighted by atomic mass is 32.2. The minimum Gasteiger partial charge on any atom is -0.381 e. The minimum absolute atomic E-state index is 0.248. The number of aliphatic hydroxyl groups excluding tert-OH is 1. The van der Waals surface area contributed by atoms with Gasteiger partial charge in [0, 0.05) is 16.0 Å². The van der Waals surface area contributed by atoms with Crippen LogP contribution in [0.15, 0.2) is 17.0 Å². The van der Waals surface area contributed by atoms with Crippen LogP contribution < -0.4 is 0 Å². The average molecular weight is 248 g/mol. The quantitative estimate of drug-likeness (QED) is 0.775. The molecule has 0 saturated heterocycles. The van der Waals surface area contributed by atoms with Crippen LogP contribution in [-0.2, 0) is 0 Å². The minimum atomic E-state index is -3.94. The molecule has 1 aromatic rings. The van der Waals surface area contributed by atoms with Crippen LogP contribution in [0.4, 0.5) is 13.2 Å². The molecule has 0 amide bonds. The van der Waals surface area contributed by atoms with Crippen LogP contribution in [0.3, 0.4) is 0 Å². The molecule has 86 valence electrons. The normalized spacial score (nSPS) is 22.3. The first kappa shape index (κ1) is 11.5. The average Bonchev–Trinajstić information content (AvgIpc) is 2.42. The van der Waals surface area contributed by atoms with E-state index in [4.69, 9.17) is 0 Å². The SMILES string of the molecule is CSc1ccc(F)c2c1C(=O)C(F)(F)C2O. The van der Waals surface area contributed by atoms with E-state index in [1.807, 2.05) is 0 Å². The van der Waals surface area contributed by atoms with Crippen molar-refractivity contribution in [3.63, 3.8) is 0 Å². The fraction of sp³-hybridized carbons (Fsp3) is 0.300. The molecular formula is C10H7F3O2S. The number of thioether (sulfide) groups is 1. The predicted molar refractivity (Wildman–Crippen MR) is 52.4 cm³/mol. The van der Waals surface area contributed by atoms with Crippen LogP contribution in [0.2, 0.25) is 0 Å². The third-order valence-corrected chi connectivity index (χ3v) is 3.30. The highest BCUT2D eigenvalue weighted by Gasteiger charge is 2.56. The highest BCUT2D eigenvalue weighted by Crippen LogP contribution is 2.46. The van der Waals surface area contributed by atoms with Gasteiger partial charge < -0.3 is 5.11 Å². The number of fused-ring (bicyclic) bond motifs is 1. The van der Waals surface area contributed by atoms with Crippen LogP contribution in [0.25, 0.3) is 0 Å². The molecule has 0 fully saturated rings. The number of aliphatic hydroxyl groups is 1. The number of rotatable bonds is 1. The summed E-state index contributed by atoms with van der Waals surface area (Å²) in [4.78, 5) is 11.6. The lowest BCUT2D eigenvalue weighted by Gasteiger charge is -2.11. The Morgan fingerprint density at radius 3 is 2.62 bits per heavy atom. The van der Waals surface area contributed by atoms with Crippen molar-refractivity contribution in [3.05, 3.63) is 29.1 Å². The molecule has 1 aliphatic rings. The number of carbonyl (C=O) groups excluding carboxylic acids is 1. The lowest BCUT2D eigenvalue weighted by Crippen LogP contribution is -2.28. The van der Waals surface area contributed by atoms with Crippen LogP contribution in [0.1, 0.15) is 22.0 Å². The Kier molecular flexibility index (Phi) is 2.51. The van der Waals surface area contributed by atoms with E-state index >= 15 is 0 Å². The topological polar surface area (TPSA) is 37.3 Å². The smallest absolute Gasteiger partial charge is 0.339 e. The maximum atomic E-state index is 13.3. The molecule has 0 heterocycles. The molecule has 2 nitrogen and oxygen atoms in total. The van der Waals surface area contributed by atoms with Gasteiger partial charge in [0.1, 0.15) is 5.82 Å². The van der Waals surface area contributed by atoms with Gasteiger partial charge in [-0.15, -0.1) is 11.8 Å². The third kappa shape index (κ3) is 1.29. The second-order valence-corrected chi connectivity index (χ2v) is 4.24. The Hall–Kier alpha value is -1.01. The Morgan fingerprint density at radius 2 is 2.06 bits per heavy atom. The first-order valence-corrected chi connectivity index (χ1v) is 5.60. The van der Waals surface area contributed by atoms with E-state index in [9.17, 15) is 23.1 Å². The van der Waals surface area contributed by atoms with E-state index in [2.05, 4.69) is 0 Å². The van der Waals surface area contributed by atoms with Crippen molar-refractivity contribution in [1.29, 1.82) is 0 Å². The summed E-state index contributed by atoms with van der Waals surface area (Å²) in [5, 5.41) is 9.26. The molecule has 1 unspecified atom stereocenters. The maximum Gasteiger partial charge on any atom is 0.339 e. The molecule has 0 aliphatic heterocycles. The standard InChI is InChI=1S/C10H7F3O2S/c1-16-5-3-2-4(11)6-7(5)9(15)10(12,13)8(6)14/h2-3,8,14H,1H3. The van der Waals surface area contributed by atoms with E-state index < -0.39 is 34.8 Å². The molecule has 1 atom stereocenters. The summed E-state index contributed by atoms with van der Waals surface area (Å²) in [5.74, 6) is -6.43. The monoisotopic (exact) mass is 248 g/mol. The summed E-state index contributed by atoms with van der Waals surface area (Å²) in [6.07, 6.45) is -0.800. The van der Waals surface area contributed by atoms with E-state index in [0.717, 1.165) is 17.8 Å². The number of hydrogen-bond acceptors (Lipinski definition) is 3. The van der Waals surface area contributed by atoms with Crippen LogP contribution in [0.5, 0.6) is 0 Å².